The maximum Gasteiger partial charge on any atom is 0.272 e. The monoisotopic (exact) mass is 377 g/mol. The first-order chi connectivity index (χ1) is 12.4. The molecule has 1 aliphatic heterocycles. The molecule has 0 spiro atoms. The van der Waals surface area contributed by atoms with Gasteiger partial charge in [-0.25, -0.2) is 12.8 Å². The van der Waals surface area contributed by atoms with E-state index in [4.69, 9.17) is 0 Å². The Kier molecular flexibility index (Phi) is 5.22. The number of nitrogens with one attached hydrogen (secondary N) is 1. The number of carbonyl (C=O) groups excluding carboxylic acids is 1. The number of nitrogens with zero attached hydrogens (tertiary/aromatic N) is 2. The van der Waals surface area contributed by atoms with E-state index in [2.05, 4.69) is 10.3 Å². The maximum absolute atomic E-state index is 13.7. The van der Waals surface area contributed by atoms with E-state index in [1.165, 1.54) is 17.2 Å². The molecule has 0 bridgehead atoms. The van der Waals surface area contributed by atoms with Crippen molar-refractivity contribution in [3.05, 3.63) is 59.7 Å². The lowest BCUT2D eigenvalue weighted by molar-refractivity contribution is 0.0742. The molecule has 3 rings (SSSR count). The van der Waals surface area contributed by atoms with Crippen molar-refractivity contribution in [1.82, 2.24) is 9.88 Å². The molecule has 1 aliphatic rings. The van der Waals surface area contributed by atoms with Crippen molar-refractivity contribution < 1.29 is 17.6 Å². The molecule has 6 nitrogen and oxygen atoms in total. The van der Waals surface area contributed by atoms with Crippen LogP contribution in [0.15, 0.2) is 42.6 Å². The van der Waals surface area contributed by atoms with Crippen molar-refractivity contribution >= 4 is 21.4 Å². The molecule has 1 atom stereocenters. The van der Waals surface area contributed by atoms with Gasteiger partial charge in [-0.05, 0) is 24.6 Å². The first kappa shape index (κ1) is 18.3. The summed E-state index contributed by atoms with van der Waals surface area (Å²) in [7, 11) is -1.48. The molecule has 1 unspecified atom stereocenters. The predicted octanol–water partition coefficient (Wildman–Crippen LogP) is 2.09. The van der Waals surface area contributed by atoms with Crippen molar-refractivity contribution in [3.8, 4) is 0 Å². The molecule has 0 radical (unpaired) electrons. The third-order valence-corrected chi connectivity index (χ3v) is 6.25. The van der Waals surface area contributed by atoms with Crippen molar-refractivity contribution in [3.63, 3.8) is 0 Å². The van der Waals surface area contributed by atoms with Gasteiger partial charge in [0.05, 0.1) is 11.5 Å². The summed E-state index contributed by atoms with van der Waals surface area (Å²) in [5.41, 5.74) is 1.37. The zero-order chi connectivity index (χ0) is 18.7. The van der Waals surface area contributed by atoms with Gasteiger partial charge in [-0.3, -0.25) is 9.78 Å². The number of halogens is 1. The lowest BCUT2D eigenvalue weighted by Crippen LogP contribution is -2.38. The number of carbonyl (C=O) groups is 1. The smallest absolute Gasteiger partial charge is 0.272 e. The highest BCUT2D eigenvalue weighted by Crippen LogP contribution is 2.19. The number of hydrogen-bond donors (Lipinski definition) is 1. The van der Waals surface area contributed by atoms with Gasteiger partial charge in [0, 0.05) is 37.1 Å². The summed E-state index contributed by atoms with van der Waals surface area (Å²) in [6.07, 6.45) is 1.94. The van der Waals surface area contributed by atoms with Crippen molar-refractivity contribution in [2.75, 3.05) is 23.9 Å². The average Bonchev–Trinajstić information content (AvgIpc) is 3.00. The standard InChI is InChI=1S/C18H20FN3O3S/c1-22(15-7-9-26(24,25)12-15)18(23)17-10-14(6-8-20-17)21-11-13-4-2-3-5-16(13)19/h2-6,8,10,15H,7,9,11-12H2,1H3,(H,20,21). The molecule has 26 heavy (non-hydrogen) atoms. The fourth-order valence-corrected chi connectivity index (χ4v) is 4.70. The van der Waals surface area contributed by atoms with Crippen molar-refractivity contribution in [2.45, 2.75) is 19.0 Å². The summed E-state index contributed by atoms with van der Waals surface area (Å²) in [5.74, 6) is -0.540. The number of aromatic nitrogens is 1. The maximum atomic E-state index is 13.7. The highest BCUT2D eigenvalue weighted by Gasteiger charge is 2.33. The normalized spacial score (nSPS) is 18.5. The Hall–Kier alpha value is -2.48. The number of pyridine rings is 1. The van der Waals surface area contributed by atoms with Gasteiger partial charge in [-0.15, -0.1) is 0 Å². The van der Waals surface area contributed by atoms with E-state index in [-0.39, 0.29) is 41.5 Å². The van der Waals surface area contributed by atoms with Crippen LogP contribution in [-0.2, 0) is 16.4 Å². The molecule has 2 heterocycles. The highest BCUT2D eigenvalue weighted by atomic mass is 32.2. The third-order valence-electron chi connectivity index (χ3n) is 4.50. The molecule has 1 amide bonds. The van der Waals surface area contributed by atoms with Crippen LogP contribution in [0.3, 0.4) is 0 Å². The highest BCUT2D eigenvalue weighted by molar-refractivity contribution is 7.91. The molecule has 1 aromatic carbocycles. The fraction of sp³-hybridized carbons (Fsp3) is 0.333. The first-order valence-corrected chi connectivity index (χ1v) is 10.1. The second-order valence-corrected chi connectivity index (χ2v) is 8.58. The van der Waals surface area contributed by atoms with E-state index < -0.39 is 9.84 Å². The Morgan fingerprint density at radius 3 is 2.81 bits per heavy atom. The number of amides is 1. The minimum atomic E-state index is -3.07. The Labute approximate surface area is 152 Å². The van der Waals surface area contributed by atoms with Gasteiger partial charge in [0.2, 0.25) is 0 Å². The molecule has 1 fully saturated rings. The van der Waals surface area contributed by atoms with E-state index >= 15 is 0 Å². The first-order valence-electron chi connectivity index (χ1n) is 8.26. The van der Waals surface area contributed by atoms with Crippen LogP contribution in [0.5, 0.6) is 0 Å². The van der Waals surface area contributed by atoms with Gasteiger partial charge in [-0.1, -0.05) is 18.2 Å². The lowest BCUT2D eigenvalue weighted by atomic mass is 10.2. The molecular weight excluding hydrogens is 357 g/mol. The second-order valence-electron chi connectivity index (χ2n) is 6.35. The van der Waals surface area contributed by atoms with E-state index in [1.807, 2.05) is 0 Å². The van der Waals surface area contributed by atoms with Crippen LogP contribution in [0.1, 0.15) is 22.5 Å². The summed E-state index contributed by atoms with van der Waals surface area (Å²) in [6, 6.07) is 9.41. The van der Waals surface area contributed by atoms with E-state index in [1.54, 1.807) is 37.4 Å². The molecule has 8 heteroatoms. The van der Waals surface area contributed by atoms with Gasteiger partial charge in [0.1, 0.15) is 11.5 Å². The van der Waals surface area contributed by atoms with Crippen LogP contribution in [0.4, 0.5) is 10.1 Å². The van der Waals surface area contributed by atoms with Crippen LogP contribution in [0, 0.1) is 5.82 Å². The molecule has 1 N–H and O–H groups in total. The second kappa shape index (κ2) is 7.41. The summed E-state index contributed by atoms with van der Waals surface area (Å²) in [5, 5.41) is 3.07. The molecule has 1 saturated heterocycles. The van der Waals surface area contributed by atoms with Gasteiger partial charge in [-0.2, -0.15) is 0 Å². The average molecular weight is 377 g/mol. The Morgan fingerprint density at radius 2 is 2.12 bits per heavy atom. The Bertz CT molecular complexity index is 917. The zero-order valence-corrected chi connectivity index (χ0v) is 15.2. The van der Waals surface area contributed by atoms with Gasteiger partial charge in [0.15, 0.2) is 9.84 Å². The largest absolute Gasteiger partial charge is 0.381 e. The minimum Gasteiger partial charge on any atom is -0.381 e. The van der Waals surface area contributed by atoms with Gasteiger partial charge < -0.3 is 10.2 Å². The topological polar surface area (TPSA) is 79.4 Å². The minimum absolute atomic E-state index is 0.0134. The molecular formula is C18H20FN3O3S. The van der Waals surface area contributed by atoms with Crippen LogP contribution >= 0.6 is 0 Å². The fourth-order valence-electron chi connectivity index (χ4n) is 2.92. The van der Waals surface area contributed by atoms with Crippen molar-refractivity contribution in [2.24, 2.45) is 0 Å². The molecule has 0 saturated carbocycles. The Balaban J connectivity index is 1.68. The molecule has 0 aliphatic carbocycles. The predicted molar refractivity (Wildman–Crippen MR) is 97.1 cm³/mol. The van der Waals surface area contributed by atoms with Crippen LogP contribution in [0.25, 0.3) is 0 Å². The van der Waals surface area contributed by atoms with E-state index in [9.17, 15) is 17.6 Å². The van der Waals surface area contributed by atoms with Crippen LogP contribution in [-0.4, -0.2) is 48.8 Å². The third kappa shape index (κ3) is 4.19. The SMILES string of the molecule is CN(C(=O)c1cc(NCc2ccccc2F)ccn1)C1CCS(=O)(=O)C1. The zero-order valence-electron chi connectivity index (χ0n) is 14.4. The summed E-state index contributed by atoms with van der Waals surface area (Å²) >= 11 is 0. The number of rotatable bonds is 5. The van der Waals surface area contributed by atoms with E-state index in [0.29, 0.717) is 17.7 Å². The molecule has 2 aromatic rings. The summed E-state index contributed by atoms with van der Waals surface area (Å²) < 4.78 is 36.9. The Morgan fingerprint density at radius 1 is 1.35 bits per heavy atom. The van der Waals surface area contributed by atoms with Gasteiger partial charge in [0.25, 0.3) is 5.91 Å². The quantitative estimate of drug-likeness (QED) is 0.863. The van der Waals surface area contributed by atoms with Crippen LogP contribution in [0.2, 0.25) is 0 Å². The molecule has 138 valence electrons. The lowest BCUT2D eigenvalue weighted by Gasteiger charge is -2.23. The number of sulfone groups is 1. The summed E-state index contributed by atoms with van der Waals surface area (Å²) in [6.45, 7) is 0.279. The summed E-state index contributed by atoms with van der Waals surface area (Å²) in [4.78, 5) is 18.1. The van der Waals surface area contributed by atoms with Crippen LogP contribution < -0.4 is 5.32 Å². The van der Waals surface area contributed by atoms with Gasteiger partial charge >= 0.3 is 0 Å². The number of benzene rings is 1. The number of hydrogen-bond acceptors (Lipinski definition) is 5. The number of anilines is 1. The van der Waals surface area contributed by atoms with Crippen molar-refractivity contribution in [1.29, 1.82) is 0 Å². The van der Waals surface area contributed by atoms with E-state index in [0.717, 1.165) is 0 Å². The molecule has 1 aromatic heterocycles.